The largest absolute Gasteiger partial charge is 0.367 e. The summed E-state index contributed by atoms with van der Waals surface area (Å²) in [6.45, 7) is 2.86. The van der Waals surface area contributed by atoms with Gasteiger partial charge in [-0.3, -0.25) is 0 Å². The molecule has 0 fully saturated rings. The highest BCUT2D eigenvalue weighted by Crippen LogP contribution is 2.13. The second kappa shape index (κ2) is 8.30. The van der Waals surface area contributed by atoms with Crippen molar-refractivity contribution in [1.82, 2.24) is 25.3 Å². The Morgan fingerprint density at radius 2 is 1.88 bits per heavy atom. The molecule has 0 spiro atoms. The molecule has 3 N–H and O–H groups in total. The van der Waals surface area contributed by atoms with Crippen molar-refractivity contribution in [1.29, 1.82) is 0 Å². The van der Waals surface area contributed by atoms with Crippen molar-refractivity contribution in [3.8, 4) is 5.82 Å². The lowest BCUT2D eigenvalue weighted by molar-refractivity contribution is 0.252. The van der Waals surface area contributed by atoms with Crippen molar-refractivity contribution in [2.75, 3.05) is 23.7 Å². The maximum Gasteiger partial charge on any atom is 0.319 e. The Balaban J connectivity index is 1.40. The number of halogens is 1. The normalized spacial score (nSPS) is 10.4. The van der Waals surface area contributed by atoms with Crippen molar-refractivity contribution in [2.45, 2.75) is 6.92 Å². The molecular weight excluding hydrogens is 354 g/mol. The number of hydrogen-bond acceptors (Lipinski definition) is 5. The van der Waals surface area contributed by atoms with Gasteiger partial charge < -0.3 is 16.0 Å². The number of anilines is 2. The van der Waals surface area contributed by atoms with E-state index in [0.29, 0.717) is 35.4 Å². The molecule has 0 aliphatic heterocycles. The van der Waals surface area contributed by atoms with Crippen LogP contribution in [-0.2, 0) is 0 Å². The van der Waals surface area contributed by atoms with Crippen molar-refractivity contribution < 1.29 is 4.79 Å². The zero-order valence-electron chi connectivity index (χ0n) is 14.1. The molecule has 0 aliphatic rings. The molecule has 0 aliphatic carbocycles. The van der Waals surface area contributed by atoms with Gasteiger partial charge in [-0.15, -0.1) is 10.2 Å². The van der Waals surface area contributed by atoms with Crippen LogP contribution in [0.2, 0.25) is 5.02 Å². The Hall–Kier alpha value is -3.13. The van der Waals surface area contributed by atoms with Gasteiger partial charge in [0.05, 0.1) is 5.69 Å². The number of aryl methyl sites for hydroxylation is 1. The number of carbonyl (C=O) groups excluding carboxylic acids is 1. The highest BCUT2D eigenvalue weighted by molar-refractivity contribution is 6.30. The first-order valence-electron chi connectivity index (χ1n) is 8.01. The number of amides is 2. The highest BCUT2D eigenvalue weighted by atomic mass is 35.5. The molecule has 0 atom stereocenters. The molecule has 0 saturated heterocycles. The van der Waals surface area contributed by atoms with E-state index < -0.39 is 0 Å². The summed E-state index contributed by atoms with van der Waals surface area (Å²) in [6.07, 6.45) is 1.83. The molecule has 3 aromatic rings. The van der Waals surface area contributed by atoms with E-state index in [9.17, 15) is 4.79 Å². The molecule has 0 radical (unpaired) electrons. The maximum absolute atomic E-state index is 11.8. The van der Waals surface area contributed by atoms with Gasteiger partial charge in [-0.2, -0.15) is 5.10 Å². The molecule has 8 nitrogen and oxygen atoms in total. The van der Waals surface area contributed by atoms with Crippen LogP contribution < -0.4 is 16.0 Å². The average Bonchev–Trinajstić information content (AvgIpc) is 3.08. The monoisotopic (exact) mass is 371 g/mol. The average molecular weight is 372 g/mol. The first-order chi connectivity index (χ1) is 12.6. The van der Waals surface area contributed by atoms with Gasteiger partial charge in [0, 0.05) is 30.0 Å². The van der Waals surface area contributed by atoms with Crippen molar-refractivity contribution >= 4 is 29.1 Å². The van der Waals surface area contributed by atoms with Crippen LogP contribution in [-0.4, -0.2) is 39.1 Å². The highest BCUT2D eigenvalue weighted by Gasteiger charge is 2.03. The van der Waals surface area contributed by atoms with Crippen LogP contribution >= 0.6 is 11.6 Å². The predicted octanol–water partition coefficient (Wildman–Crippen LogP) is 2.86. The summed E-state index contributed by atoms with van der Waals surface area (Å²) < 4.78 is 1.66. The van der Waals surface area contributed by atoms with Crippen LogP contribution in [0.1, 0.15) is 5.69 Å². The number of aromatic nitrogens is 4. The van der Waals surface area contributed by atoms with E-state index in [1.165, 1.54) is 0 Å². The van der Waals surface area contributed by atoms with E-state index in [1.54, 1.807) is 28.9 Å². The van der Waals surface area contributed by atoms with Gasteiger partial charge in [-0.05, 0) is 49.4 Å². The van der Waals surface area contributed by atoms with E-state index in [0.717, 1.165) is 5.69 Å². The zero-order valence-corrected chi connectivity index (χ0v) is 14.9. The van der Waals surface area contributed by atoms with Crippen molar-refractivity contribution in [3.05, 3.63) is 59.4 Å². The van der Waals surface area contributed by atoms with Gasteiger partial charge in [-0.25, -0.2) is 9.48 Å². The van der Waals surface area contributed by atoms with Crippen LogP contribution in [0, 0.1) is 6.92 Å². The van der Waals surface area contributed by atoms with Crippen LogP contribution in [0.25, 0.3) is 5.82 Å². The standard InChI is InChI=1S/C17H18ClN7O/c1-12-8-11-25(24-12)16-7-6-15(22-23-16)19-9-10-20-17(26)21-14-4-2-13(18)3-5-14/h2-8,11H,9-10H2,1H3,(H,19,22)(H2,20,21,26). The number of benzene rings is 1. The van der Waals surface area contributed by atoms with Crippen LogP contribution in [0.15, 0.2) is 48.7 Å². The quantitative estimate of drug-likeness (QED) is 0.579. The predicted molar refractivity (Wildman–Crippen MR) is 101 cm³/mol. The minimum atomic E-state index is -0.287. The first-order valence-corrected chi connectivity index (χ1v) is 8.38. The van der Waals surface area contributed by atoms with Gasteiger partial charge in [-0.1, -0.05) is 11.6 Å². The molecule has 3 rings (SSSR count). The molecule has 1 aromatic carbocycles. The van der Waals surface area contributed by atoms with Crippen LogP contribution in [0.4, 0.5) is 16.3 Å². The maximum atomic E-state index is 11.8. The number of hydrogen-bond donors (Lipinski definition) is 3. The van der Waals surface area contributed by atoms with Gasteiger partial charge in [0.2, 0.25) is 0 Å². The third-order valence-corrected chi connectivity index (χ3v) is 3.68. The van der Waals surface area contributed by atoms with Gasteiger partial charge in [0.1, 0.15) is 5.82 Å². The summed E-state index contributed by atoms with van der Waals surface area (Å²) in [5.74, 6) is 1.27. The summed E-state index contributed by atoms with van der Waals surface area (Å²) in [4.78, 5) is 11.8. The number of nitrogens with zero attached hydrogens (tertiary/aromatic N) is 4. The topological polar surface area (TPSA) is 96.8 Å². The zero-order chi connectivity index (χ0) is 18.4. The number of rotatable bonds is 6. The Bertz CT molecular complexity index is 862. The Labute approximate surface area is 155 Å². The summed E-state index contributed by atoms with van der Waals surface area (Å²) in [5, 5.41) is 21.7. The third kappa shape index (κ3) is 4.93. The first kappa shape index (κ1) is 17.7. The Morgan fingerprint density at radius 3 is 2.54 bits per heavy atom. The molecule has 2 aromatic heterocycles. The molecule has 0 unspecified atom stereocenters. The van der Waals surface area contributed by atoms with Crippen molar-refractivity contribution in [2.24, 2.45) is 0 Å². The molecule has 2 heterocycles. The molecule has 9 heteroatoms. The van der Waals surface area contributed by atoms with Crippen molar-refractivity contribution in [3.63, 3.8) is 0 Å². The molecule has 0 saturated carbocycles. The fraction of sp³-hybridized carbons (Fsp3) is 0.176. The summed E-state index contributed by atoms with van der Waals surface area (Å²) in [6, 6.07) is 12.1. The van der Waals surface area contributed by atoms with Crippen LogP contribution in [0.5, 0.6) is 0 Å². The van der Waals surface area contributed by atoms with E-state index in [2.05, 4.69) is 31.2 Å². The van der Waals surface area contributed by atoms with Gasteiger partial charge in [0.25, 0.3) is 0 Å². The Kier molecular flexibility index (Phi) is 5.65. The molecule has 134 valence electrons. The number of carbonyl (C=O) groups is 1. The fourth-order valence-corrected chi connectivity index (χ4v) is 2.29. The van der Waals surface area contributed by atoms with Gasteiger partial charge >= 0.3 is 6.03 Å². The molecular formula is C17H18ClN7O. The van der Waals surface area contributed by atoms with Crippen LogP contribution in [0.3, 0.4) is 0 Å². The fourth-order valence-electron chi connectivity index (χ4n) is 2.16. The Morgan fingerprint density at radius 1 is 1.08 bits per heavy atom. The number of urea groups is 1. The lowest BCUT2D eigenvalue weighted by atomic mass is 10.3. The summed E-state index contributed by atoms with van der Waals surface area (Å²) in [5.41, 5.74) is 1.59. The second-order valence-corrected chi connectivity index (χ2v) is 5.93. The van der Waals surface area contributed by atoms with E-state index >= 15 is 0 Å². The number of nitrogens with one attached hydrogen (secondary N) is 3. The lowest BCUT2D eigenvalue weighted by Gasteiger charge is -2.09. The smallest absolute Gasteiger partial charge is 0.319 e. The third-order valence-electron chi connectivity index (χ3n) is 3.43. The van der Waals surface area contributed by atoms with E-state index in [4.69, 9.17) is 11.6 Å². The SMILES string of the molecule is Cc1ccn(-c2ccc(NCCNC(=O)Nc3ccc(Cl)cc3)nn2)n1. The van der Waals surface area contributed by atoms with Gasteiger partial charge in [0.15, 0.2) is 5.82 Å². The molecule has 2 amide bonds. The molecule has 0 bridgehead atoms. The summed E-state index contributed by atoms with van der Waals surface area (Å²) in [7, 11) is 0. The minimum absolute atomic E-state index is 0.287. The van der Waals surface area contributed by atoms with E-state index in [-0.39, 0.29) is 6.03 Å². The van der Waals surface area contributed by atoms with E-state index in [1.807, 2.05) is 31.3 Å². The minimum Gasteiger partial charge on any atom is -0.367 e. The second-order valence-electron chi connectivity index (χ2n) is 5.49. The molecule has 26 heavy (non-hydrogen) atoms. The lowest BCUT2D eigenvalue weighted by Crippen LogP contribution is -2.32. The summed E-state index contributed by atoms with van der Waals surface area (Å²) >= 11 is 5.80.